The number of aromatic nitrogens is 2. The van der Waals surface area contributed by atoms with Crippen LogP contribution in [0.3, 0.4) is 0 Å². The Hall–Kier alpha value is -1.82. The third-order valence-electron chi connectivity index (χ3n) is 2.07. The Morgan fingerprint density at radius 1 is 1.33 bits per heavy atom. The number of aryl methyl sites for hydroxylation is 2. The molecular formula is C12H15N3. The fourth-order valence-electron chi connectivity index (χ4n) is 1.44. The maximum Gasteiger partial charge on any atom is 0.106 e. The summed E-state index contributed by atoms with van der Waals surface area (Å²) in [5, 5.41) is 8.86. The molecule has 0 fully saturated rings. The molecule has 2 rings (SSSR count). The molecule has 2 heterocycles. The summed E-state index contributed by atoms with van der Waals surface area (Å²) < 4.78 is 0. The van der Waals surface area contributed by atoms with Crippen LogP contribution in [0.25, 0.3) is 11.0 Å². The average Bonchev–Trinajstić information content (AvgIpc) is 2.55. The highest BCUT2D eigenvalue weighted by molar-refractivity contribution is 5.83. The normalized spacial score (nSPS) is 9.27. The van der Waals surface area contributed by atoms with Gasteiger partial charge in [-0.05, 0) is 25.5 Å². The second kappa shape index (κ2) is 4.61. The number of fused-ring (bicyclic) bond motifs is 1. The zero-order valence-corrected chi connectivity index (χ0v) is 9.55. The van der Waals surface area contributed by atoms with Gasteiger partial charge in [0, 0.05) is 11.9 Å². The fraction of sp³-hybridized carbons (Fsp3) is 0.333. The van der Waals surface area contributed by atoms with Crippen molar-refractivity contribution in [1.82, 2.24) is 9.97 Å². The Labute approximate surface area is 89.8 Å². The van der Waals surface area contributed by atoms with E-state index in [-0.39, 0.29) is 0 Å². The van der Waals surface area contributed by atoms with Gasteiger partial charge in [-0.2, -0.15) is 5.26 Å². The lowest BCUT2D eigenvalue weighted by Gasteiger charge is -1.90. The van der Waals surface area contributed by atoms with Crippen LogP contribution >= 0.6 is 0 Å². The summed E-state index contributed by atoms with van der Waals surface area (Å²) in [7, 11) is 0. The fourth-order valence-corrected chi connectivity index (χ4v) is 1.44. The van der Waals surface area contributed by atoms with Crippen molar-refractivity contribution >= 4 is 11.0 Å². The minimum absolute atomic E-state index is 0.648. The predicted octanol–water partition coefficient (Wildman–Crippen LogP) is 3.08. The first kappa shape index (κ1) is 11.3. The third kappa shape index (κ3) is 1.99. The van der Waals surface area contributed by atoms with Gasteiger partial charge >= 0.3 is 0 Å². The molecule has 3 heteroatoms. The number of aromatic amines is 1. The van der Waals surface area contributed by atoms with Gasteiger partial charge < -0.3 is 4.98 Å². The molecule has 0 aliphatic heterocycles. The molecule has 2 aromatic rings. The standard InChI is InChI=1S/C10H9N3.C2H6/c1-6-3-9-10(12-5-6)8(4-11)7(2)13-9;1-2/h3,5,13H,1-2H3;1-2H3. The maximum absolute atomic E-state index is 8.86. The number of nitriles is 1. The number of rotatable bonds is 0. The maximum atomic E-state index is 8.86. The highest BCUT2D eigenvalue weighted by Crippen LogP contribution is 2.19. The van der Waals surface area contributed by atoms with Crippen molar-refractivity contribution in [2.24, 2.45) is 0 Å². The van der Waals surface area contributed by atoms with Crippen LogP contribution in [0.1, 0.15) is 30.7 Å². The van der Waals surface area contributed by atoms with Crippen LogP contribution < -0.4 is 0 Å². The first-order valence-electron chi connectivity index (χ1n) is 5.07. The number of hydrogen-bond acceptors (Lipinski definition) is 2. The number of hydrogen-bond donors (Lipinski definition) is 1. The highest BCUT2D eigenvalue weighted by Gasteiger charge is 2.07. The molecule has 0 saturated carbocycles. The Kier molecular flexibility index (Phi) is 3.46. The van der Waals surface area contributed by atoms with E-state index in [2.05, 4.69) is 16.0 Å². The van der Waals surface area contributed by atoms with Crippen molar-refractivity contribution in [2.75, 3.05) is 0 Å². The van der Waals surface area contributed by atoms with E-state index in [1.54, 1.807) is 6.20 Å². The van der Waals surface area contributed by atoms with Crippen molar-refractivity contribution < 1.29 is 0 Å². The van der Waals surface area contributed by atoms with Crippen molar-refractivity contribution in [3.63, 3.8) is 0 Å². The van der Waals surface area contributed by atoms with E-state index in [0.29, 0.717) is 5.56 Å². The van der Waals surface area contributed by atoms with Crippen LogP contribution in [0.5, 0.6) is 0 Å². The number of H-pyrrole nitrogens is 1. The summed E-state index contributed by atoms with van der Waals surface area (Å²) in [5.41, 5.74) is 4.34. The SMILES string of the molecule is CC.Cc1cnc2c(C#N)c(C)[nH]c2c1. The Morgan fingerprint density at radius 3 is 2.60 bits per heavy atom. The molecule has 3 nitrogen and oxygen atoms in total. The largest absolute Gasteiger partial charge is 0.356 e. The molecule has 0 unspecified atom stereocenters. The van der Waals surface area contributed by atoms with Crippen LogP contribution in [0.2, 0.25) is 0 Å². The van der Waals surface area contributed by atoms with Gasteiger partial charge in [0.1, 0.15) is 11.6 Å². The second-order valence-corrected chi connectivity index (χ2v) is 3.15. The Balaban J connectivity index is 0.000000531. The summed E-state index contributed by atoms with van der Waals surface area (Å²) >= 11 is 0. The minimum atomic E-state index is 0.648. The monoisotopic (exact) mass is 201 g/mol. The molecule has 0 aliphatic carbocycles. The van der Waals surface area contributed by atoms with E-state index in [4.69, 9.17) is 5.26 Å². The zero-order valence-electron chi connectivity index (χ0n) is 9.55. The average molecular weight is 201 g/mol. The summed E-state index contributed by atoms with van der Waals surface area (Å²) in [6.45, 7) is 7.87. The van der Waals surface area contributed by atoms with Gasteiger partial charge in [-0.3, -0.25) is 4.98 Å². The van der Waals surface area contributed by atoms with Crippen molar-refractivity contribution in [3.05, 3.63) is 29.1 Å². The molecule has 0 bridgehead atoms. The summed E-state index contributed by atoms with van der Waals surface area (Å²) in [6.07, 6.45) is 1.77. The molecule has 2 aromatic heterocycles. The smallest absolute Gasteiger partial charge is 0.106 e. The van der Waals surface area contributed by atoms with Gasteiger partial charge in [0.2, 0.25) is 0 Å². The molecular weight excluding hydrogens is 186 g/mol. The van der Waals surface area contributed by atoms with E-state index < -0.39 is 0 Å². The molecule has 0 saturated heterocycles. The molecule has 78 valence electrons. The van der Waals surface area contributed by atoms with Crippen LogP contribution in [0.4, 0.5) is 0 Å². The first-order valence-corrected chi connectivity index (χ1v) is 5.07. The van der Waals surface area contributed by atoms with Gasteiger partial charge in [-0.15, -0.1) is 0 Å². The van der Waals surface area contributed by atoms with E-state index in [1.165, 1.54) is 0 Å². The molecule has 15 heavy (non-hydrogen) atoms. The molecule has 0 aromatic carbocycles. The highest BCUT2D eigenvalue weighted by atomic mass is 14.8. The summed E-state index contributed by atoms with van der Waals surface area (Å²) in [4.78, 5) is 7.35. The van der Waals surface area contributed by atoms with Gasteiger partial charge in [-0.25, -0.2) is 0 Å². The van der Waals surface area contributed by atoms with Crippen molar-refractivity contribution in [1.29, 1.82) is 5.26 Å². The summed E-state index contributed by atoms with van der Waals surface area (Å²) in [5.74, 6) is 0. The lowest BCUT2D eigenvalue weighted by atomic mass is 10.2. The number of pyridine rings is 1. The lowest BCUT2D eigenvalue weighted by molar-refractivity contribution is 1.28. The quantitative estimate of drug-likeness (QED) is 0.712. The van der Waals surface area contributed by atoms with Crippen molar-refractivity contribution in [3.8, 4) is 6.07 Å². The predicted molar refractivity (Wildman–Crippen MR) is 61.6 cm³/mol. The third-order valence-corrected chi connectivity index (χ3v) is 2.07. The lowest BCUT2D eigenvalue weighted by Crippen LogP contribution is -1.79. The second-order valence-electron chi connectivity index (χ2n) is 3.15. The summed E-state index contributed by atoms with van der Waals surface area (Å²) in [6, 6.07) is 4.14. The Bertz CT molecular complexity index is 503. The van der Waals surface area contributed by atoms with E-state index in [1.807, 2.05) is 33.8 Å². The first-order chi connectivity index (χ1) is 7.22. The van der Waals surface area contributed by atoms with Crippen LogP contribution in [-0.4, -0.2) is 9.97 Å². The van der Waals surface area contributed by atoms with Crippen molar-refractivity contribution in [2.45, 2.75) is 27.7 Å². The van der Waals surface area contributed by atoms with Crippen LogP contribution in [0.15, 0.2) is 12.3 Å². The Morgan fingerprint density at radius 2 is 2.00 bits per heavy atom. The minimum Gasteiger partial charge on any atom is -0.356 e. The number of nitrogens with one attached hydrogen (secondary N) is 1. The molecule has 0 spiro atoms. The number of nitrogens with zero attached hydrogens (tertiary/aromatic N) is 2. The molecule has 0 radical (unpaired) electrons. The van der Waals surface area contributed by atoms with Gasteiger partial charge in [0.05, 0.1) is 11.1 Å². The zero-order chi connectivity index (χ0) is 11.4. The molecule has 0 aliphatic rings. The van der Waals surface area contributed by atoms with Gasteiger partial charge in [0.15, 0.2) is 0 Å². The molecule has 1 N–H and O–H groups in total. The topological polar surface area (TPSA) is 52.5 Å². The van der Waals surface area contributed by atoms with Crippen LogP contribution in [0, 0.1) is 25.2 Å². The van der Waals surface area contributed by atoms with Gasteiger partial charge in [0.25, 0.3) is 0 Å². The van der Waals surface area contributed by atoms with E-state index >= 15 is 0 Å². The molecule has 0 atom stereocenters. The van der Waals surface area contributed by atoms with E-state index in [0.717, 1.165) is 22.3 Å². The van der Waals surface area contributed by atoms with Crippen LogP contribution in [-0.2, 0) is 0 Å². The van der Waals surface area contributed by atoms with E-state index in [9.17, 15) is 0 Å². The molecule has 0 amide bonds. The van der Waals surface area contributed by atoms with Gasteiger partial charge in [-0.1, -0.05) is 13.8 Å².